The average molecular weight is 388 g/mol. The van der Waals surface area contributed by atoms with Gasteiger partial charge in [0.25, 0.3) is 0 Å². The molecule has 27 heavy (non-hydrogen) atoms. The number of piperazine rings is 1. The molecule has 4 heterocycles. The first kappa shape index (κ1) is 19.1. The summed E-state index contributed by atoms with van der Waals surface area (Å²) in [5.74, 6) is 2.72. The van der Waals surface area contributed by atoms with Gasteiger partial charge >= 0.3 is 0 Å². The molecular formula is C21H33N5S. The van der Waals surface area contributed by atoms with Crippen LogP contribution in [-0.2, 0) is 6.42 Å². The molecule has 0 amide bonds. The number of piperidine rings is 1. The molecule has 4 rings (SSSR count). The largest absolute Gasteiger partial charge is 0.353 e. The zero-order valence-corrected chi connectivity index (χ0v) is 18.1. The maximum atomic E-state index is 4.91. The van der Waals surface area contributed by atoms with Gasteiger partial charge in [0.1, 0.15) is 16.5 Å². The minimum absolute atomic E-state index is 0.650. The van der Waals surface area contributed by atoms with Gasteiger partial charge in [0.15, 0.2) is 0 Å². The molecule has 1 unspecified atom stereocenters. The summed E-state index contributed by atoms with van der Waals surface area (Å²) in [5, 5.41) is 3.61. The number of rotatable bonds is 4. The summed E-state index contributed by atoms with van der Waals surface area (Å²) in [6, 6.07) is 0.732. The maximum absolute atomic E-state index is 4.91. The number of anilines is 1. The van der Waals surface area contributed by atoms with Crippen molar-refractivity contribution in [2.75, 3.05) is 51.2 Å². The summed E-state index contributed by atoms with van der Waals surface area (Å²) >= 11 is 1.78. The van der Waals surface area contributed by atoms with Crippen LogP contribution >= 0.6 is 11.3 Å². The predicted octanol–water partition coefficient (Wildman–Crippen LogP) is 3.41. The fourth-order valence-corrected chi connectivity index (χ4v) is 5.63. The third-order valence-electron chi connectivity index (χ3n) is 5.96. The second-order valence-electron chi connectivity index (χ2n) is 8.71. The first-order chi connectivity index (χ1) is 13.0. The van der Waals surface area contributed by atoms with Crippen molar-refractivity contribution in [2.45, 2.75) is 46.1 Å². The minimum atomic E-state index is 0.650. The van der Waals surface area contributed by atoms with Crippen LogP contribution in [0.4, 0.5) is 5.82 Å². The van der Waals surface area contributed by atoms with Crippen LogP contribution in [0.1, 0.15) is 38.1 Å². The molecule has 0 bridgehead atoms. The van der Waals surface area contributed by atoms with Gasteiger partial charge in [-0.1, -0.05) is 13.8 Å². The van der Waals surface area contributed by atoms with Crippen LogP contribution in [0.2, 0.25) is 0 Å². The van der Waals surface area contributed by atoms with E-state index in [9.17, 15) is 0 Å². The molecule has 1 atom stereocenters. The quantitative estimate of drug-likeness (QED) is 0.803. The molecule has 148 valence electrons. The molecule has 2 aromatic heterocycles. The molecule has 2 aliphatic heterocycles. The number of nitrogens with zero attached hydrogens (tertiary/aromatic N) is 5. The van der Waals surface area contributed by atoms with E-state index in [1.54, 1.807) is 11.3 Å². The first-order valence-corrected chi connectivity index (χ1v) is 11.3. The predicted molar refractivity (Wildman–Crippen MR) is 115 cm³/mol. The monoisotopic (exact) mass is 387 g/mol. The van der Waals surface area contributed by atoms with Crippen molar-refractivity contribution in [1.29, 1.82) is 0 Å². The normalized spacial score (nSPS) is 22.9. The Morgan fingerprint density at radius 1 is 1.15 bits per heavy atom. The number of thiophene rings is 1. The lowest BCUT2D eigenvalue weighted by atomic mass is 10.0. The summed E-state index contributed by atoms with van der Waals surface area (Å²) in [5.41, 5.74) is 1.43. The number of aromatic nitrogens is 2. The van der Waals surface area contributed by atoms with E-state index in [0.29, 0.717) is 5.92 Å². The maximum Gasteiger partial charge on any atom is 0.141 e. The van der Waals surface area contributed by atoms with Gasteiger partial charge in [0.05, 0.1) is 5.39 Å². The van der Waals surface area contributed by atoms with E-state index < -0.39 is 0 Å². The van der Waals surface area contributed by atoms with Crippen LogP contribution < -0.4 is 4.90 Å². The van der Waals surface area contributed by atoms with Gasteiger partial charge in [-0.3, -0.25) is 4.90 Å². The summed E-state index contributed by atoms with van der Waals surface area (Å²) in [6.45, 7) is 13.5. The fraction of sp³-hybridized carbons (Fsp3) is 0.714. The van der Waals surface area contributed by atoms with Gasteiger partial charge < -0.3 is 9.80 Å². The summed E-state index contributed by atoms with van der Waals surface area (Å²) in [6.07, 6.45) is 3.79. The number of hydrogen-bond donors (Lipinski definition) is 0. The molecule has 0 N–H and O–H groups in total. The third-order valence-corrected chi connectivity index (χ3v) is 6.88. The zero-order valence-electron chi connectivity index (χ0n) is 17.2. The molecule has 2 saturated heterocycles. The van der Waals surface area contributed by atoms with Crippen LogP contribution in [0.3, 0.4) is 0 Å². The summed E-state index contributed by atoms with van der Waals surface area (Å²) in [7, 11) is 2.26. The van der Waals surface area contributed by atoms with E-state index in [2.05, 4.69) is 41.0 Å². The van der Waals surface area contributed by atoms with Crippen LogP contribution in [0.5, 0.6) is 0 Å². The number of fused-ring (bicyclic) bond motifs is 1. The highest BCUT2D eigenvalue weighted by Gasteiger charge is 2.28. The molecular weight excluding hydrogens is 354 g/mol. The van der Waals surface area contributed by atoms with E-state index in [4.69, 9.17) is 9.97 Å². The lowest BCUT2D eigenvalue weighted by molar-refractivity contribution is 0.106. The number of likely N-dealkylation sites (N-methyl/N-ethyl adjacent to an activating group) is 1. The summed E-state index contributed by atoms with van der Waals surface area (Å²) < 4.78 is 0. The van der Waals surface area contributed by atoms with Gasteiger partial charge in [-0.05, 0) is 56.6 Å². The molecule has 6 heteroatoms. The lowest BCUT2D eigenvalue weighted by Gasteiger charge is -2.43. The van der Waals surface area contributed by atoms with Crippen molar-refractivity contribution in [3.63, 3.8) is 0 Å². The Morgan fingerprint density at radius 3 is 2.63 bits per heavy atom. The van der Waals surface area contributed by atoms with Gasteiger partial charge in [0.2, 0.25) is 0 Å². The Hall–Kier alpha value is -1.24. The second-order valence-corrected chi connectivity index (χ2v) is 9.57. The molecule has 2 aliphatic rings. The minimum Gasteiger partial charge on any atom is -0.353 e. The smallest absolute Gasteiger partial charge is 0.141 e. The van der Waals surface area contributed by atoms with Crippen LogP contribution in [0.15, 0.2) is 5.38 Å². The van der Waals surface area contributed by atoms with Crippen molar-refractivity contribution in [3.05, 3.63) is 16.8 Å². The molecule has 0 saturated carbocycles. The van der Waals surface area contributed by atoms with E-state index in [1.165, 1.54) is 42.7 Å². The third kappa shape index (κ3) is 4.13. The standard InChI is InChI=1S/C21H33N5S/c1-15(2)12-17-14-27-21-19(17)20(22-16(3)23-21)26-10-8-25(9-11-26)18-6-5-7-24(4)13-18/h14-15,18H,5-13H2,1-4H3. The SMILES string of the molecule is Cc1nc(N2CCN(C3CCCN(C)C3)CC2)c2c(CC(C)C)csc2n1. The highest BCUT2D eigenvalue weighted by molar-refractivity contribution is 7.17. The number of aryl methyl sites for hydroxylation is 1. The fourth-order valence-electron chi connectivity index (χ4n) is 4.64. The van der Waals surface area contributed by atoms with Crippen LogP contribution in [0, 0.1) is 12.8 Å². The molecule has 0 spiro atoms. The van der Waals surface area contributed by atoms with E-state index in [1.807, 2.05) is 6.92 Å². The van der Waals surface area contributed by atoms with E-state index >= 15 is 0 Å². The Morgan fingerprint density at radius 2 is 1.93 bits per heavy atom. The first-order valence-electron chi connectivity index (χ1n) is 10.4. The van der Waals surface area contributed by atoms with Gasteiger partial charge in [-0.2, -0.15) is 0 Å². The lowest BCUT2D eigenvalue weighted by Crippen LogP contribution is -2.54. The molecule has 5 nitrogen and oxygen atoms in total. The van der Waals surface area contributed by atoms with Gasteiger partial charge in [-0.15, -0.1) is 11.3 Å². The molecule has 2 aromatic rings. The Kier molecular flexibility index (Phi) is 5.67. The molecule has 2 fully saturated rings. The zero-order chi connectivity index (χ0) is 19.0. The second kappa shape index (κ2) is 8.02. The number of likely N-dealkylation sites (tertiary alicyclic amines) is 1. The van der Waals surface area contributed by atoms with Crippen molar-refractivity contribution in [3.8, 4) is 0 Å². The van der Waals surface area contributed by atoms with Gasteiger partial charge in [0, 0.05) is 38.8 Å². The van der Waals surface area contributed by atoms with Crippen LogP contribution in [-0.4, -0.2) is 72.1 Å². The highest BCUT2D eigenvalue weighted by atomic mass is 32.1. The molecule has 0 radical (unpaired) electrons. The van der Waals surface area contributed by atoms with Crippen molar-refractivity contribution >= 4 is 27.4 Å². The Bertz CT molecular complexity index is 778. The van der Waals surface area contributed by atoms with Crippen molar-refractivity contribution < 1.29 is 0 Å². The molecule has 0 aromatic carbocycles. The van der Waals surface area contributed by atoms with Crippen LogP contribution in [0.25, 0.3) is 10.2 Å². The summed E-state index contributed by atoms with van der Waals surface area (Å²) in [4.78, 5) is 18.5. The Labute approximate surface area is 167 Å². The van der Waals surface area contributed by atoms with Gasteiger partial charge in [-0.25, -0.2) is 9.97 Å². The topological polar surface area (TPSA) is 35.5 Å². The average Bonchev–Trinajstić information content (AvgIpc) is 3.03. The van der Waals surface area contributed by atoms with E-state index in [0.717, 1.165) is 49.3 Å². The molecule has 0 aliphatic carbocycles. The highest BCUT2D eigenvalue weighted by Crippen LogP contribution is 2.34. The van der Waals surface area contributed by atoms with E-state index in [-0.39, 0.29) is 0 Å². The van der Waals surface area contributed by atoms with Crippen molar-refractivity contribution in [2.24, 2.45) is 5.92 Å². The van der Waals surface area contributed by atoms with Crippen molar-refractivity contribution in [1.82, 2.24) is 19.8 Å². The number of hydrogen-bond acceptors (Lipinski definition) is 6. The Balaban J connectivity index is 1.54.